The van der Waals surface area contributed by atoms with Crippen molar-refractivity contribution in [1.82, 2.24) is 15.3 Å². The maximum Gasteiger partial charge on any atom is 0.251 e. The first-order valence-corrected chi connectivity index (χ1v) is 10.5. The Labute approximate surface area is 179 Å². The molecule has 0 saturated carbocycles. The van der Waals surface area contributed by atoms with Crippen molar-refractivity contribution in [3.63, 3.8) is 0 Å². The van der Waals surface area contributed by atoms with E-state index in [1.54, 1.807) is 6.33 Å². The van der Waals surface area contributed by atoms with Gasteiger partial charge >= 0.3 is 0 Å². The highest BCUT2D eigenvalue weighted by molar-refractivity contribution is 5.97. The molecule has 0 unspecified atom stereocenters. The summed E-state index contributed by atoms with van der Waals surface area (Å²) < 4.78 is 0. The normalized spacial score (nSPS) is 11.6. The molecule has 3 rings (SSSR count). The van der Waals surface area contributed by atoms with Crippen molar-refractivity contribution in [2.75, 3.05) is 0 Å². The zero-order valence-corrected chi connectivity index (χ0v) is 18.8. The summed E-state index contributed by atoms with van der Waals surface area (Å²) in [4.78, 5) is 21.9. The van der Waals surface area contributed by atoms with Crippen molar-refractivity contribution in [2.45, 2.75) is 59.4 Å². The van der Waals surface area contributed by atoms with Crippen LogP contribution in [0.3, 0.4) is 0 Å². The van der Waals surface area contributed by atoms with Gasteiger partial charge in [-0.25, -0.2) is 9.97 Å². The van der Waals surface area contributed by atoms with Crippen molar-refractivity contribution >= 4 is 5.91 Å². The van der Waals surface area contributed by atoms with Gasteiger partial charge in [-0.1, -0.05) is 50.6 Å². The van der Waals surface area contributed by atoms with Gasteiger partial charge in [0.05, 0.1) is 5.69 Å². The fraction of sp³-hybridized carbons (Fsp3) is 0.346. The number of carbonyl (C=O) groups excluding carboxylic acids is 1. The van der Waals surface area contributed by atoms with Crippen LogP contribution in [0.1, 0.15) is 68.6 Å². The SMILES string of the molecule is CCC(C)(C)NC(=O)c1cc(-c2ccc(C)cc2)cc(-c2cncnc2C(C)C)c1. The molecular weight excluding hydrogens is 370 g/mol. The van der Waals surface area contributed by atoms with Gasteiger partial charge in [0.2, 0.25) is 0 Å². The van der Waals surface area contributed by atoms with Crippen molar-refractivity contribution in [2.24, 2.45) is 0 Å². The monoisotopic (exact) mass is 401 g/mol. The number of hydrogen-bond acceptors (Lipinski definition) is 3. The van der Waals surface area contributed by atoms with Gasteiger partial charge in [0.25, 0.3) is 5.91 Å². The van der Waals surface area contributed by atoms with Crippen molar-refractivity contribution in [1.29, 1.82) is 0 Å². The molecule has 0 radical (unpaired) electrons. The molecule has 0 aliphatic rings. The highest BCUT2D eigenvalue weighted by Crippen LogP contribution is 2.32. The molecule has 4 nitrogen and oxygen atoms in total. The maximum absolute atomic E-state index is 13.1. The molecule has 1 amide bonds. The highest BCUT2D eigenvalue weighted by atomic mass is 16.1. The fourth-order valence-corrected chi connectivity index (χ4v) is 3.32. The number of nitrogens with zero attached hydrogens (tertiary/aromatic N) is 2. The molecule has 2 aromatic carbocycles. The molecule has 1 aromatic heterocycles. The first kappa shape index (κ1) is 21.7. The third-order valence-corrected chi connectivity index (χ3v) is 5.52. The Morgan fingerprint density at radius 1 is 1.03 bits per heavy atom. The van der Waals surface area contributed by atoms with Crippen LogP contribution in [0.5, 0.6) is 0 Å². The lowest BCUT2D eigenvalue weighted by Crippen LogP contribution is -2.42. The van der Waals surface area contributed by atoms with E-state index < -0.39 is 0 Å². The first-order valence-electron chi connectivity index (χ1n) is 10.5. The largest absolute Gasteiger partial charge is 0.347 e. The number of amides is 1. The van der Waals surface area contributed by atoms with Gasteiger partial charge in [0.1, 0.15) is 6.33 Å². The number of nitrogens with one attached hydrogen (secondary N) is 1. The Balaban J connectivity index is 2.16. The van der Waals surface area contributed by atoms with Crippen LogP contribution in [0, 0.1) is 6.92 Å². The third kappa shape index (κ3) is 4.93. The predicted octanol–water partition coefficient (Wildman–Crippen LogP) is 6.16. The Morgan fingerprint density at radius 2 is 1.70 bits per heavy atom. The minimum Gasteiger partial charge on any atom is -0.347 e. The molecule has 0 saturated heterocycles. The van der Waals surface area contributed by atoms with E-state index in [0.717, 1.165) is 34.4 Å². The maximum atomic E-state index is 13.1. The summed E-state index contributed by atoms with van der Waals surface area (Å²) in [7, 11) is 0. The molecule has 30 heavy (non-hydrogen) atoms. The van der Waals surface area contributed by atoms with E-state index in [9.17, 15) is 4.79 Å². The van der Waals surface area contributed by atoms with E-state index in [-0.39, 0.29) is 17.4 Å². The zero-order chi connectivity index (χ0) is 21.9. The van der Waals surface area contributed by atoms with Crippen LogP contribution < -0.4 is 5.32 Å². The smallest absolute Gasteiger partial charge is 0.251 e. The van der Waals surface area contributed by atoms with Crippen LogP contribution in [0.25, 0.3) is 22.3 Å². The lowest BCUT2D eigenvalue weighted by molar-refractivity contribution is 0.0911. The lowest BCUT2D eigenvalue weighted by Gasteiger charge is -2.25. The number of carbonyl (C=O) groups is 1. The van der Waals surface area contributed by atoms with Gasteiger partial charge in [-0.05, 0) is 68.0 Å². The second-order valence-corrected chi connectivity index (χ2v) is 8.83. The summed E-state index contributed by atoms with van der Waals surface area (Å²) in [5.74, 6) is 0.183. The van der Waals surface area contributed by atoms with Crippen LogP contribution in [0.15, 0.2) is 55.0 Å². The lowest BCUT2D eigenvalue weighted by atomic mass is 9.92. The summed E-state index contributed by atoms with van der Waals surface area (Å²) in [5, 5.41) is 3.16. The predicted molar refractivity (Wildman–Crippen MR) is 124 cm³/mol. The van der Waals surface area contributed by atoms with Crippen LogP contribution in [0.2, 0.25) is 0 Å². The number of aromatic nitrogens is 2. The molecule has 0 aliphatic heterocycles. The first-order chi connectivity index (χ1) is 14.2. The van der Waals surface area contributed by atoms with E-state index >= 15 is 0 Å². The van der Waals surface area contributed by atoms with E-state index in [4.69, 9.17) is 0 Å². The second-order valence-electron chi connectivity index (χ2n) is 8.83. The summed E-state index contributed by atoms with van der Waals surface area (Å²) in [6.07, 6.45) is 4.28. The van der Waals surface area contributed by atoms with E-state index in [2.05, 4.69) is 73.3 Å². The van der Waals surface area contributed by atoms with Gasteiger partial charge in [-0.3, -0.25) is 4.79 Å². The second kappa shape index (κ2) is 8.78. The molecule has 0 bridgehead atoms. The molecule has 0 spiro atoms. The Kier molecular flexibility index (Phi) is 6.35. The van der Waals surface area contributed by atoms with E-state index in [1.807, 2.05) is 32.2 Å². The topological polar surface area (TPSA) is 54.9 Å². The van der Waals surface area contributed by atoms with Crippen molar-refractivity contribution < 1.29 is 4.79 Å². The van der Waals surface area contributed by atoms with Crippen molar-refractivity contribution in [3.05, 3.63) is 71.8 Å². The summed E-state index contributed by atoms with van der Waals surface area (Å²) >= 11 is 0. The number of hydrogen-bond donors (Lipinski definition) is 1. The summed E-state index contributed by atoms with van der Waals surface area (Å²) in [6.45, 7) is 12.5. The van der Waals surface area contributed by atoms with Crippen LogP contribution in [0.4, 0.5) is 0 Å². The zero-order valence-electron chi connectivity index (χ0n) is 18.8. The van der Waals surface area contributed by atoms with Gasteiger partial charge < -0.3 is 5.32 Å². The average Bonchev–Trinajstić information content (AvgIpc) is 2.73. The average molecular weight is 402 g/mol. The fourth-order valence-electron chi connectivity index (χ4n) is 3.32. The van der Waals surface area contributed by atoms with Gasteiger partial charge in [-0.15, -0.1) is 0 Å². The summed E-state index contributed by atoms with van der Waals surface area (Å²) in [6, 6.07) is 14.4. The van der Waals surface area contributed by atoms with Crippen LogP contribution in [-0.4, -0.2) is 21.4 Å². The Hall–Kier alpha value is -3.01. The summed E-state index contributed by atoms with van der Waals surface area (Å²) in [5.41, 5.74) is 6.56. The quantitative estimate of drug-likeness (QED) is 0.538. The standard InChI is InChI=1S/C26H31N3O/c1-7-26(5,6)29-25(30)22-13-20(19-10-8-18(4)9-11-19)12-21(14-22)23-15-27-16-28-24(23)17(2)3/h8-17H,7H2,1-6H3,(H,29,30). The van der Waals surface area contributed by atoms with E-state index in [1.165, 1.54) is 5.56 Å². The van der Waals surface area contributed by atoms with Gasteiger partial charge in [0.15, 0.2) is 0 Å². The van der Waals surface area contributed by atoms with Gasteiger partial charge in [-0.2, -0.15) is 0 Å². The molecule has 156 valence electrons. The molecule has 0 fully saturated rings. The molecule has 0 atom stereocenters. The molecular formula is C26H31N3O. The van der Waals surface area contributed by atoms with Crippen LogP contribution in [-0.2, 0) is 0 Å². The minimum atomic E-state index is -0.268. The highest BCUT2D eigenvalue weighted by Gasteiger charge is 2.21. The molecule has 1 N–H and O–H groups in total. The van der Waals surface area contributed by atoms with Crippen molar-refractivity contribution in [3.8, 4) is 22.3 Å². The minimum absolute atomic E-state index is 0.0694. The molecule has 4 heteroatoms. The Bertz CT molecular complexity index is 1040. The van der Waals surface area contributed by atoms with Crippen LogP contribution >= 0.6 is 0 Å². The number of aryl methyl sites for hydroxylation is 1. The molecule has 1 heterocycles. The number of rotatable bonds is 6. The number of benzene rings is 2. The molecule has 3 aromatic rings. The van der Waals surface area contributed by atoms with E-state index in [0.29, 0.717) is 5.56 Å². The Morgan fingerprint density at radius 3 is 2.33 bits per heavy atom. The molecule has 0 aliphatic carbocycles. The third-order valence-electron chi connectivity index (χ3n) is 5.52. The van der Waals surface area contributed by atoms with Gasteiger partial charge in [0, 0.05) is 22.9 Å².